The van der Waals surface area contributed by atoms with Crippen molar-refractivity contribution in [1.82, 2.24) is 4.90 Å². The highest BCUT2D eigenvalue weighted by molar-refractivity contribution is 5.78. The van der Waals surface area contributed by atoms with Crippen LogP contribution in [0.15, 0.2) is 59.2 Å². The summed E-state index contributed by atoms with van der Waals surface area (Å²) in [4.78, 5) is 14.1. The Morgan fingerprint density at radius 2 is 2.00 bits per heavy atom. The minimum absolute atomic E-state index is 0.203. The van der Waals surface area contributed by atoms with E-state index < -0.39 is 0 Å². The van der Waals surface area contributed by atoms with E-state index >= 15 is 0 Å². The maximum Gasteiger partial charge on any atom is 0.223 e. The van der Waals surface area contributed by atoms with Gasteiger partial charge in [-0.15, -0.1) is 0 Å². The predicted molar refractivity (Wildman–Crippen MR) is 82.6 cm³/mol. The van der Waals surface area contributed by atoms with Crippen molar-refractivity contribution in [2.75, 3.05) is 13.1 Å². The molecule has 0 radical (unpaired) electrons. The van der Waals surface area contributed by atoms with Crippen LogP contribution >= 0.6 is 0 Å². The van der Waals surface area contributed by atoms with Crippen LogP contribution in [0, 0.1) is 0 Å². The van der Waals surface area contributed by atoms with Crippen LogP contribution in [0.4, 0.5) is 0 Å². The molecule has 1 aromatic carbocycles. The first-order valence-electron chi connectivity index (χ1n) is 7.37. The van der Waals surface area contributed by atoms with Crippen LogP contribution in [-0.2, 0) is 11.2 Å². The molecule has 2 aromatic rings. The minimum Gasteiger partial charge on any atom is -0.469 e. The van der Waals surface area contributed by atoms with E-state index in [2.05, 4.69) is 30.3 Å². The van der Waals surface area contributed by atoms with Gasteiger partial charge in [0.2, 0.25) is 5.91 Å². The second kappa shape index (κ2) is 6.44. The molecule has 0 N–H and O–H groups in total. The van der Waals surface area contributed by atoms with Gasteiger partial charge >= 0.3 is 0 Å². The van der Waals surface area contributed by atoms with Crippen LogP contribution in [0.2, 0.25) is 0 Å². The smallest absolute Gasteiger partial charge is 0.223 e. The number of aryl methyl sites for hydroxylation is 1. The molecule has 0 saturated carbocycles. The van der Waals surface area contributed by atoms with Crippen LogP contribution in [0.25, 0.3) is 5.57 Å². The third kappa shape index (κ3) is 3.43. The summed E-state index contributed by atoms with van der Waals surface area (Å²) < 4.78 is 5.26. The van der Waals surface area contributed by atoms with Crippen molar-refractivity contribution in [3.63, 3.8) is 0 Å². The van der Waals surface area contributed by atoms with Gasteiger partial charge < -0.3 is 9.32 Å². The van der Waals surface area contributed by atoms with Crippen molar-refractivity contribution in [2.45, 2.75) is 19.3 Å². The lowest BCUT2D eigenvalue weighted by atomic mass is 9.99. The van der Waals surface area contributed by atoms with Crippen molar-refractivity contribution in [2.24, 2.45) is 0 Å². The summed E-state index contributed by atoms with van der Waals surface area (Å²) in [7, 11) is 0. The summed E-state index contributed by atoms with van der Waals surface area (Å²) in [5, 5.41) is 0. The Morgan fingerprint density at radius 1 is 1.14 bits per heavy atom. The van der Waals surface area contributed by atoms with Gasteiger partial charge in [0.1, 0.15) is 5.76 Å². The fraction of sp³-hybridized carbons (Fsp3) is 0.278. The van der Waals surface area contributed by atoms with E-state index in [0.717, 1.165) is 18.7 Å². The molecule has 1 amide bonds. The average Bonchev–Trinajstić information content (AvgIpc) is 3.07. The van der Waals surface area contributed by atoms with Crippen molar-refractivity contribution in [1.29, 1.82) is 0 Å². The number of hydrogen-bond acceptors (Lipinski definition) is 2. The third-order valence-corrected chi connectivity index (χ3v) is 3.87. The van der Waals surface area contributed by atoms with Crippen molar-refractivity contribution < 1.29 is 9.21 Å². The summed E-state index contributed by atoms with van der Waals surface area (Å²) in [6, 6.07) is 14.2. The second-order valence-electron chi connectivity index (χ2n) is 5.26. The molecule has 0 unspecified atom stereocenters. The molecule has 0 atom stereocenters. The average molecular weight is 281 g/mol. The number of carbonyl (C=O) groups excluding carboxylic acids is 1. The van der Waals surface area contributed by atoms with E-state index in [-0.39, 0.29) is 5.91 Å². The van der Waals surface area contributed by atoms with Crippen molar-refractivity contribution in [3.05, 3.63) is 66.1 Å². The zero-order chi connectivity index (χ0) is 14.5. The topological polar surface area (TPSA) is 33.5 Å². The Bertz CT molecular complexity index is 614. The molecule has 0 spiro atoms. The van der Waals surface area contributed by atoms with Gasteiger partial charge in [-0.2, -0.15) is 0 Å². The quantitative estimate of drug-likeness (QED) is 0.859. The standard InChI is InChI=1S/C18H19NO2/c20-18(9-8-17-7-4-14-21-17)19-12-10-16(11-13-19)15-5-2-1-3-6-15/h1-7,10,14H,8-9,11-13H2. The number of benzene rings is 1. The SMILES string of the molecule is O=C(CCc1ccco1)N1CC=C(c2ccccc2)CC1. The summed E-state index contributed by atoms with van der Waals surface area (Å²) in [5.74, 6) is 1.08. The molecule has 0 saturated heterocycles. The molecule has 3 rings (SSSR count). The Labute approximate surface area is 124 Å². The first-order chi connectivity index (χ1) is 10.3. The van der Waals surface area contributed by atoms with Crippen LogP contribution in [-0.4, -0.2) is 23.9 Å². The molecule has 0 aliphatic carbocycles. The lowest BCUT2D eigenvalue weighted by Crippen LogP contribution is -2.34. The van der Waals surface area contributed by atoms with E-state index in [0.29, 0.717) is 19.4 Å². The van der Waals surface area contributed by atoms with Crippen LogP contribution in [0.3, 0.4) is 0 Å². The van der Waals surface area contributed by atoms with Crippen LogP contribution in [0.5, 0.6) is 0 Å². The van der Waals surface area contributed by atoms with Gasteiger partial charge in [-0.1, -0.05) is 36.4 Å². The second-order valence-corrected chi connectivity index (χ2v) is 5.26. The number of amides is 1. The molecule has 1 aliphatic heterocycles. The van der Waals surface area contributed by atoms with Crippen molar-refractivity contribution >= 4 is 11.5 Å². The summed E-state index contributed by atoms with van der Waals surface area (Å²) in [6.45, 7) is 1.51. The first kappa shape index (κ1) is 13.7. The fourth-order valence-corrected chi connectivity index (χ4v) is 2.65. The Balaban J connectivity index is 1.55. The highest BCUT2D eigenvalue weighted by atomic mass is 16.3. The third-order valence-electron chi connectivity index (χ3n) is 3.87. The predicted octanol–water partition coefficient (Wildman–Crippen LogP) is 3.53. The Kier molecular flexibility index (Phi) is 4.20. The van der Waals surface area contributed by atoms with E-state index in [1.807, 2.05) is 23.1 Å². The number of rotatable bonds is 4. The number of furan rings is 1. The van der Waals surface area contributed by atoms with Crippen LogP contribution in [0.1, 0.15) is 24.2 Å². The molecule has 0 bridgehead atoms. The summed E-state index contributed by atoms with van der Waals surface area (Å²) >= 11 is 0. The highest BCUT2D eigenvalue weighted by Gasteiger charge is 2.17. The number of hydrogen-bond donors (Lipinski definition) is 0. The first-order valence-corrected chi connectivity index (χ1v) is 7.37. The molecule has 21 heavy (non-hydrogen) atoms. The van der Waals surface area contributed by atoms with Gasteiger partial charge in [0.05, 0.1) is 6.26 Å². The van der Waals surface area contributed by atoms with Gasteiger partial charge in [0.25, 0.3) is 0 Å². The monoisotopic (exact) mass is 281 g/mol. The lowest BCUT2D eigenvalue weighted by molar-refractivity contribution is -0.130. The molecule has 1 aliphatic rings. The van der Waals surface area contributed by atoms with Gasteiger partial charge in [-0.25, -0.2) is 0 Å². The number of nitrogens with zero attached hydrogens (tertiary/aromatic N) is 1. The molecule has 3 nitrogen and oxygen atoms in total. The zero-order valence-electron chi connectivity index (χ0n) is 12.0. The van der Waals surface area contributed by atoms with E-state index in [9.17, 15) is 4.79 Å². The fourth-order valence-electron chi connectivity index (χ4n) is 2.65. The maximum absolute atomic E-state index is 12.2. The maximum atomic E-state index is 12.2. The summed E-state index contributed by atoms with van der Waals surface area (Å²) in [5.41, 5.74) is 2.60. The lowest BCUT2D eigenvalue weighted by Gasteiger charge is -2.26. The molecular weight excluding hydrogens is 262 g/mol. The van der Waals surface area contributed by atoms with Gasteiger partial charge in [-0.05, 0) is 29.7 Å². The Hall–Kier alpha value is -2.29. The normalized spacial score (nSPS) is 14.9. The summed E-state index contributed by atoms with van der Waals surface area (Å²) in [6.07, 6.45) is 5.94. The number of carbonyl (C=O) groups is 1. The highest BCUT2D eigenvalue weighted by Crippen LogP contribution is 2.22. The van der Waals surface area contributed by atoms with Gasteiger partial charge in [-0.3, -0.25) is 4.79 Å². The molecular formula is C18H19NO2. The molecule has 108 valence electrons. The molecule has 0 fully saturated rings. The zero-order valence-corrected chi connectivity index (χ0v) is 12.0. The molecule has 3 heteroatoms. The van der Waals surface area contributed by atoms with Gasteiger partial charge in [0, 0.05) is 25.9 Å². The van der Waals surface area contributed by atoms with Crippen molar-refractivity contribution in [3.8, 4) is 0 Å². The minimum atomic E-state index is 0.203. The van der Waals surface area contributed by atoms with E-state index in [4.69, 9.17) is 4.42 Å². The van der Waals surface area contributed by atoms with Crippen LogP contribution < -0.4 is 0 Å². The van der Waals surface area contributed by atoms with E-state index in [1.165, 1.54) is 11.1 Å². The van der Waals surface area contributed by atoms with Gasteiger partial charge in [0.15, 0.2) is 0 Å². The Morgan fingerprint density at radius 3 is 2.67 bits per heavy atom. The molecule has 2 heterocycles. The van der Waals surface area contributed by atoms with E-state index in [1.54, 1.807) is 6.26 Å². The molecule has 1 aromatic heterocycles. The largest absolute Gasteiger partial charge is 0.469 e.